The molecule has 6 aromatic carbocycles. The molecule has 60 heavy (non-hydrogen) atoms. The third-order valence-electron chi connectivity index (χ3n) is 11.8. The molecule has 0 saturated carbocycles. The van der Waals surface area contributed by atoms with Gasteiger partial charge in [-0.25, -0.2) is 9.59 Å². The fourth-order valence-electron chi connectivity index (χ4n) is 8.50. The number of benzene rings is 6. The molecule has 0 heterocycles. The third-order valence-corrected chi connectivity index (χ3v) is 11.8. The van der Waals surface area contributed by atoms with E-state index in [1.807, 2.05) is 36.4 Å². The van der Waals surface area contributed by atoms with Crippen LogP contribution < -0.4 is 9.47 Å². The number of carbonyl (C=O) groups is 2. The maximum Gasteiger partial charge on any atom is 0.513 e. The summed E-state index contributed by atoms with van der Waals surface area (Å²) in [6.07, 6.45) is 18.1. The van der Waals surface area contributed by atoms with Gasteiger partial charge >= 0.3 is 12.3 Å². The average Bonchev–Trinajstić information content (AvgIpc) is 3.27. The summed E-state index contributed by atoms with van der Waals surface area (Å²) in [5, 5.41) is 7.28. The molecule has 0 aliphatic rings. The zero-order valence-corrected chi connectivity index (χ0v) is 36.7. The lowest BCUT2D eigenvalue weighted by atomic mass is 9.84. The van der Waals surface area contributed by atoms with Crippen molar-refractivity contribution in [2.45, 2.75) is 143 Å². The number of fused-ring (bicyclic) bond motifs is 4. The predicted molar refractivity (Wildman–Crippen MR) is 250 cm³/mol. The summed E-state index contributed by atoms with van der Waals surface area (Å²) in [6, 6.07) is 29.5. The number of aryl methyl sites for hydroxylation is 2. The highest BCUT2D eigenvalue weighted by Crippen LogP contribution is 2.50. The number of hydrogen-bond acceptors (Lipinski definition) is 6. The number of ether oxygens (including phenoxy) is 4. The summed E-state index contributed by atoms with van der Waals surface area (Å²) in [7, 11) is 0. The second-order valence-corrected chi connectivity index (χ2v) is 16.4. The molecule has 0 atom stereocenters. The molecule has 6 heteroatoms. The minimum atomic E-state index is -0.681. The highest BCUT2D eigenvalue weighted by molar-refractivity contribution is 6.27. The van der Waals surface area contributed by atoms with Crippen LogP contribution >= 0.6 is 0 Å². The second kappa shape index (κ2) is 23.0. The third kappa shape index (κ3) is 11.2. The van der Waals surface area contributed by atoms with Crippen LogP contribution in [0.25, 0.3) is 54.2 Å². The minimum Gasteiger partial charge on any atom is -0.434 e. The van der Waals surface area contributed by atoms with Gasteiger partial charge in [0.25, 0.3) is 0 Å². The molecule has 0 aliphatic heterocycles. The Morgan fingerprint density at radius 1 is 0.383 bits per heavy atom. The molecule has 0 amide bonds. The smallest absolute Gasteiger partial charge is 0.434 e. The Bertz CT molecular complexity index is 2180. The summed E-state index contributed by atoms with van der Waals surface area (Å²) in [6.45, 7) is 9.52. The van der Waals surface area contributed by atoms with Crippen LogP contribution in [-0.2, 0) is 22.3 Å². The van der Waals surface area contributed by atoms with E-state index in [0.29, 0.717) is 24.7 Å². The first-order chi connectivity index (χ1) is 29.5. The number of carbonyl (C=O) groups excluding carboxylic acids is 2. The minimum absolute atomic E-state index is 0.333. The normalized spacial score (nSPS) is 11.5. The Labute approximate surface area is 357 Å². The van der Waals surface area contributed by atoms with Crippen LogP contribution in [0.3, 0.4) is 0 Å². The molecule has 0 bridgehead atoms. The van der Waals surface area contributed by atoms with Gasteiger partial charge in [0, 0.05) is 21.5 Å². The molecule has 0 fully saturated rings. The van der Waals surface area contributed by atoms with Crippen LogP contribution in [0.5, 0.6) is 11.5 Å². The first-order valence-electron chi connectivity index (χ1n) is 23.1. The van der Waals surface area contributed by atoms with Gasteiger partial charge in [-0.05, 0) is 82.3 Å². The molecule has 6 rings (SSSR count). The van der Waals surface area contributed by atoms with Crippen LogP contribution in [-0.4, -0.2) is 25.5 Å². The standard InChI is InChI=1S/C54H66O6/c1-5-9-13-15-17-23-35-57-53(55)59-51-43-29-21-19-27-41(43)49(47-37-39(25-11-7-3)31-33-45(47)51)50-42-28-20-22-30-44(42)52(46-34-32-40(26-12-8-4)38-48(46)50)60-54(56)58-36-24-18-16-14-10-6-2/h19-22,27-34,37-38H,5-18,23-26,35-36H2,1-4H3. The average molecular weight is 811 g/mol. The van der Waals surface area contributed by atoms with Gasteiger partial charge in [-0.2, -0.15) is 0 Å². The van der Waals surface area contributed by atoms with Crippen molar-refractivity contribution in [3.05, 3.63) is 96.1 Å². The molecular weight excluding hydrogens is 745 g/mol. The van der Waals surface area contributed by atoms with Crippen molar-refractivity contribution in [2.75, 3.05) is 13.2 Å². The summed E-state index contributed by atoms with van der Waals surface area (Å²) in [5.74, 6) is 1.01. The van der Waals surface area contributed by atoms with Gasteiger partial charge < -0.3 is 18.9 Å². The van der Waals surface area contributed by atoms with Crippen molar-refractivity contribution >= 4 is 55.4 Å². The molecule has 6 aromatic rings. The van der Waals surface area contributed by atoms with E-state index in [1.54, 1.807) is 0 Å². The number of hydrogen-bond donors (Lipinski definition) is 0. The summed E-state index contributed by atoms with van der Waals surface area (Å²) < 4.78 is 23.8. The van der Waals surface area contributed by atoms with Crippen molar-refractivity contribution in [1.29, 1.82) is 0 Å². The van der Waals surface area contributed by atoms with E-state index in [4.69, 9.17) is 18.9 Å². The Morgan fingerprint density at radius 2 is 0.733 bits per heavy atom. The van der Waals surface area contributed by atoms with Gasteiger partial charge in [0.15, 0.2) is 0 Å². The zero-order chi connectivity index (χ0) is 42.1. The van der Waals surface area contributed by atoms with Crippen molar-refractivity contribution in [2.24, 2.45) is 0 Å². The topological polar surface area (TPSA) is 71.1 Å². The van der Waals surface area contributed by atoms with E-state index in [1.165, 1.54) is 49.7 Å². The highest BCUT2D eigenvalue weighted by Gasteiger charge is 2.25. The van der Waals surface area contributed by atoms with E-state index < -0.39 is 12.3 Å². The van der Waals surface area contributed by atoms with Gasteiger partial charge in [-0.3, -0.25) is 0 Å². The van der Waals surface area contributed by atoms with E-state index in [2.05, 4.69) is 76.2 Å². The Hall–Kier alpha value is -5.10. The largest absolute Gasteiger partial charge is 0.513 e. The Balaban J connectivity index is 1.50. The van der Waals surface area contributed by atoms with Gasteiger partial charge in [0.2, 0.25) is 0 Å². The van der Waals surface area contributed by atoms with Crippen LogP contribution in [0.1, 0.15) is 142 Å². The molecule has 0 spiro atoms. The van der Waals surface area contributed by atoms with Gasteiger partial charge in [0.1, 0.15) is 11.5 Å². The van der Waals surface area contributed by atoms with Crippen LogP contribution in [0, 0.1) is 0 Å². The molecule has 0 N–H and O–H groups in total. The van der Waals surface area contributed by atoms with Crippen molar-refractivity contribution in [3.63, 3.8) is 0 Å². The van der Waals surface area contributed by atoms with E-state index in [9.17, 15) is 9.59 Å². The van der Waals surface area contributed by atoms with Crippen LogP contribution in [0.4, 0.5) is 9.59 Å². The summed E-state index contributed by atoms with van der Waals surface area (Å²) in [5.41, 5.74) is 4.56. The monoisotopic (exact) mass is 810 g/mol. The lowest BCUT2D eigenvalue weighted by Gasteiger charge is -2.22. The van der Waals surface area contributed by atoms with E-state index >= 15 is 0 Å². The maximum absolute atomic E-state index is 13.4. The van der Waals surface area contributed by atoms with E-state index in [0.717, 1.165) is 131 Å². The zero-order valence-electron chi connectivity index (χ0n) is 36.7. The van der Waals surface area contributed by atoms with Crippen LogP contribution in [0.2, 0.25) is 0 Å². The van der Waals surface area contributed by atoms with Gasteiger partial charge in [-0.1, -0.05) is 190 Å². The molecule has 0 saturated heterocycles. The van der Waals surface area contributed by atoms with Crippen molar-refractivity contribution < 1.29 is 28.5 Å². The maximum atomic E-state index is 13.4. The van der Waals surface area contributed by atoms with Crippen molar-refractivity contribution in [3.8, 4) is 22.6 Å². The van der Waals surface area contributed by atoms with Crippen LogP contribution in [0.15, 0.2) is 84.9 Å². The molecule has 0 unspecified atom stereocenters. The predicted octanol–water partition coefficient (Wildman–Crippen LogP) is 16.4. The first kappa shape index (κ1) is 44.5. The van der Waals surface area contributed by atoms with Gasteiger partial charge in [-0.15, -0.1) is 0 Å². The first-order valence-corrected chi connectivity index (χ1v) is 23.1. The van der Waals surface area contributed by atoms with E-state index in [-0.39, 0.29) is 0 Å². The highest BCUT2D eigenvalue weighted by atomic mass is 16.7. The Morgan fingerprint density at radius 3 is 1.13 bits per heavy atom. The fourth-order valence-corrected chi connectivity index (χ4v) is 8.50. The molecule has 6 nitrogen and oxygen atoms in total. The SMILES string of the molecule is CCCCCCCCOC(=O)Oc1c2ccccc2c(-c2c3ccccc3c(OC(=O)OCCCCCCCC)c3ccc(CCCC)cc23)c2cc(CCCC)ccc12. The molecule has 318 valence electrons. The van der Waals surface area contributed by atoms with Crippen molar-refractivity contribution in [1.82, 2.24) is 0 Å². The number of rotatable bonds is 23. The summed E-state index contributed by atoms with van der Waals surface area (Å²) >= 11 is 0. The quantitative estimate of drug-likeness (QED) is 0.0278. The Kier molecular flexibility index (Phi) is 17.1. The molecule has 0 aliphatic carbocycles. The molecule has 0 aromatic heterocycles. The second-order valence-electron chi connectivity index (χ2n) is 16.4. The number of unbranched alkanes of at least 4 members (excludes halogenated alkanes) is 12. The molecule has 0 radical (unpaired) electrons. The fraction of sp³-hybridized carbons (Fsp3) is 0.444. The molecular formula is C54H66O6. The van der Waals surface area contributed by atoms with Gasteiger partial charge in [0.05, 0.1) is 13.2 Å². The summed E-state index contributed by atoms with van der Waals surface area (Å²) in [4.78, 5) is 26.9. The lowest BCUT2D eigenvalue weighted by molar-refractivity contribution is 0.0972. The lowest BCUT2D eigenvalue weighted by Crippen LogP contribution is -2.12.